The smallest absolute Gasteiger partial charge is 0.256 e. The molecule has 1 aromatic heterocycles. The van der Waals surface area contributed by atoms with Gasteiger partial charge in [-0.3, -0.25) is 9.78 Å². The number of aromatic amines is 1. The number of anilines is 2. The highest BCUT2D eigenvalue weighted by Crippen LogP contribution is 2.26. The van der Waals surface area contributed by atoms with Gasteiger partial charge in [-0.25, -0.2) is 4.98 Å². The first-order valence-corrected chi connectivity index (χ1v) is 6.50. The molecule has 0 saturated carbocycles. The van der Waals surface area contributed by atoms with Crippen LogP contribution in [0, 0.1) is 0 Å². The Morgan fingerprint density at radius 2 is 2.06 bits per heavy atom. The maximum atomic E-state index is 11.8. The van der Waals surface area contributed by atoms with Gasteiger partial charge < -0.3 is 5.32 Å². The Balaban J connectivity index is 1.95. The van der Waals surface area contributed by atoms with E-state index in [4.69, 9.17) is 0 Å². The van der Waals surface area contributed by atoms with Crippen LogP contribution in [-0.2, 0) is 11.5 Å². The summed E-state index contributed by atoms with van der Waals surface area (Å²) in [6, 6.07) is 9.68. The molecule has 2 N–H and O–H groups in total. The van der Waals surface area contributed by atoms with Crippen molar-refractivity contribution in [1.82, 2.24) is 9.97 Å². The zero-order valence-electron chi connectivity index (χ0n) is 9.06. The standard InChI is InChI=1S/C12H11N3OS/c16-11-9-6-17-7-10(9)14-12(15-11)13-8-4-2-1-3-5-8/h1-5H,6-7H2,(H2,13,14,15,16). The number of thioether (sulfide) groups is 1. The third-order valence-electron chi connectivity index (χ3n) is 2.62. The van der Waals surface area contributed by atoms with Gasteiger partial charge in [0.15, 0.2) is 0 Å². The number of para-hydroxylation sites is 1. The summed E-state index contributed by atoms with van der Waals surface area (Å²) < 4.78 is 0. The first kappa shape index (κ1) is 10.4. The molecular formula is C12H11N3OS. The molecule has 0 unspecified atom stereocenters. The summed E-state index contributed by atoms with van der Waals surface area (Å²) in [5.74, 6) is 2.11. The van der Waals surface area contributed by atoms with E-state index in [2.05, 4.69) is 15.3 Å². The fourth-order valence-corrected chi connectivity index (χ4v) is 2.82. The third-order valence-corrected chi connectivity index (χ3v) is 3.59. The normalized spacial score (nSPS) is 13.4. The van der Waals surface area contributed by atoms with Crippen LogP contribution in [0.25, 0.3) is 0 Å². The molecule has 0 amide bonds. The van der Waals surface area contributed by atoms with Crippen molar-refractivity contribution in [2.45, 2.75) is 11.5 Å². The predicted octanol–water partition coefficient (Wildman–Crippen LogP) is 2.26. The van der Waals surface area contributed by atoms with E-state index in [1.165, 1.54) is 0 Å². The molecule has 3 rings (SSSR count). The Morgan fingerprint density at radius 3 is 2.88 bits per heavy atom. The lowest BCUT2D eigenvalue weighted by Crippen LogP contribution is -2.16. The second-order valence-corrected chi connectivity index (χ2v) is 4.81. The molecule has 0 bridgehead atoms. The summed E-state index contributed by atoms with van der Waals surface area (Å²) in [6.07, 6.45) is 0. The maximum absolute atomic E-state index is 11.8. The Labute approximate surface area is 102 Å². The maximum Gasteiger partial charge on any atom is 0.256 e. The molecule has 1 aliphatic rings. The summed E-state index contributed by atoms with van der Waals surface area (Å²) in [4.78, 5) is 19.0. The quantitative estimate of drug-likeness (QED) is 0.852. The zero-order chi connectivity index (χ0) is 11.7. The third kappa shape index (κ3) is 2.06. The molecule has 2 heterocycles. The van der Waals surface area contributed by atoms with Crippen molar-refractivity contribution in [3.63, 3.8) is 0 Å². The van der Waals surface area contributed by atoms with Crippen LogP contribution in [0.5, 0.6) is 0 Å². The number of benzene rings is 1. The van der Waals surface area contributed by atoms with E-state index >= 15 is 0 Å². The van der Waals surface area contributed by atoms with Crippen molar-refractivity contribution < 1.29 is 0 Å². The molecule has 1 aliphatic heterocycles. The number of hydrogen-bond donors (Lipinski definition) is 2. The lowest BCUT2D eigenvalue weighted by Gasteiger charge is -2.06. The molecule has 5 heteroatoms. The number of nitrogens with zero attached hydrogens (tertiary/aromatic N) is 1. The molecule has 0 saturated heterocycles. The lowest BCUT2D eigenvalue weighted by molar-refractivity contribution is 1.03. The molecule has 0 spiro atoms. The van der Waals surface area contributed by atoms with Gasteiger partial charge in [-0.05, 0) is 12.1 Å². The van der Waals surface area contributed by atoms with E-state index < -0.39 is 0 Å². The van der Waals surface area contributed by atoms with Gasteiger partial charge in [0.25, 0.3) is 5.56 Å². The van der Waals surface area contributed by atoms with Crippen molar-refractivity contribution in [2.75, 3.05) is 5.32 Å². The highest BCUT2D eigenvalue weighted by atomic mass is 32.2. The zero-order valence-corrected chi connectivity index (χ0v) is 9.88. The fraction of sp³-hybridized carbons (Fsp3) is 0.167. The summed E-state index contributed by atoms with van der Waals surface area (Å²) in [5, 5.41) is 3.10. The van der Waals surface area contributed by atoms with Crippen LogP contribution in [0.4, 0.5) is 11.6 Å². The van der Waals surface area contributed by atoms with E-state index in [0.717, 1.165) is 28.5 Å². The van der Waals surface area contributed by atoms with Crippen LogP contribution in [0.15, 0.2) is 35.1 Å². The van der Waals surface area contributed by atoms with Crippen LogP contribution < -0.4 is 10.9 Å². The number of nitrogens with one attached hydrogen (secondary N) is 2. The number of H-pyrrole nitrogens is 1. The van der Waals surface area contributed by atoms with Crippen LogP contribution in [-0.4, -0.2) is 9.97 Å². The highest BCUT2D eigenvalue weighted by molar-refractivity contribution is 7.98. The van der Waals surface area contributed by atoms with E-state index in [9.17, 15) is 4.79 Å². The summed E-state index contributed by atoms with van der Waals surface area (Å²) >= 11 is 1.72. The second kappa shape index (κ2) is 4.25. The van der Waals surface area contributed by atoms with Gasteiger partial charge in [0.2, 0.25) is 5.95 Å². The topological polar surface area (TPSA) is 57.8 Å². The second-order valence-electron chi connectivity index (χ2n) is 3.82. The largest absolute Gasteiger partial charge is 0.326 e. The van der Waals surface area contributed by atoms with Crippen LogP contribution in [0.2, 0.25) is 0 Å². The summed E-state index contributed by atoms with van der Waals surface area (Å²) in [7, 11) is 0. The average molecular weight is 245 g/mol. The molecule has 1 aromatic carbocycles. The molecule has 2 aromatic rings. The van der Waals surface area contributed by atoms with Crippen LogP contribution >= 0.6 is 11.8 Å². The van der Waals surface area contributed by atoms with Crippen molar-refractivity contribution in [2.24, 2.45) is 0 Å². The fourth-order valence-electron chi connectivity index (χ4n) is 1.78. The van der Waals surface area contributed by atoms with E-state index in [1.54, 1.807) is 11.8 Å². The highest BCUT2D eigenvalue weighted by Gasteiger charge is 2.17. The van der Waals surface area contributed by atoms with Gasteiger partial charge in [0.05, 0.1) is 5.69 Å². The van der Waals surface area contributed by atoms with Crippen molar-refractivity contribution in [3.8, 4) is 0 Å². The first-order chi connectivity index (χ1) is 8.33. The van der Waals surface area contributed by atoms with Crippen LogP contribution in [0.3, 0.4) is 0 Å². The number of fused-ring (bicyclic) bond motifs is 1. The average Bonchev–Trinajstić information content (AvgIpc) is 2.79. The Kier molecular flexibility index (Phi) is 2.60. The molecular weight excluding hydrogens is 234 g/mol. The van der Waals surface area contributed by atoms with Gasteiger partial charge in [0.1, 0.15) is 0 Å². The molecule has 86 valence electrons. The van der Waals surface area contributed by atoms with Gasteiger partial charge in [-0.15, -0.1) is 0 Å². The molecule has 4 nitrogen and oxygen atoms in total. The van der Waals surface area contributed by atoms with Crippen molar-refractivity contribution in [1.29, 1.82) is 0 Å². The minimum atomic E-state index is -0.0292. The van der Waals surface area contributed by atoms with Gasteiger partial charge in [-0.2, -0.15) is 11.8 Å². The monoisotopic (exact) mass is 245 g/mol. The molecule has 0 aliphatic carbocycles. The van der Waals surface area contributed by atoms with Gasteiger partial charge >= 0.3 is 0 Å². The molecule has 17 heavy (non-hydrogen) atoms. The minimum absolute atomic E-state index is 0.0292. The number of hydrogen-bond acceptors (Lipinski definition) is 4. The number of rotatable bonds is 2. The van der Waals surface area contributed by atoms with Crippen LogP contribution in [0.1, 0.15) is 11.3 Å². The van der Waals surface area contributed by atoms with Crippen molar-refractivity contribution >= 4 is 23.4 Å². The van der Waals surface area contributed by atoms with Gasteiger partial charge in [-0.1, -0.05) is 18.2 Å². The Hall–Kier alpha value is -1.75. The Morgan fingerprint density at radius 1 is 1.24 bits per heavy atom. The first-order valence-electron chi connectivity index (χ1n) is 5.35. The Bertz CT molecular complexity index is 594. The lowest BCUT2D eigenvalue weighted by atomic mass is 10.3. The molecule has 0 atom stereocenters. The van der Waals surface area contributed by atoms with E-state index in [0.29, 0.717) is 5.95 Å². The summed E-state index contributed by atoms with van der Waals surface area (Å²) in [6.45, 7) is 0. The number of aromatic nitrogens is 2. The molecule has 0 fully saturated rings. The van der Waals surface area contributed by atoms with Gasteiger partial charge in [0, 0.05) is 22.8 Å². The molecule has 0 radical (unpaired) electrons. The summed E-state index contributed by atoms with van der Waals surface area (Å²) in [5.41, 5.74) is 2.60. The van der Waals surface area contributed by atoms with E-state index in [1.807, 2.05) is 30.3 Å². The predicted molar refractivity (Wildman–Crippen MR) is 69.6 cm³/mol. The van der Waals surface area contributed by atoms with Crippen molar-refractivity contribution in [3.05, 3.63) is 51.9 Å². The minimum Gasteiger partial charge on any atom is -0.326 e. The van der Waals surface area contributed by atoms with E-state index in [-0.39, 0.29) is 5.56 Å². The SMILES string of the molecule is O=c1[nH]c(Nc2ccccc2)nc2c1CSC2.